The van der Waals surface area contributed by atoms with Crippen molar-refractivity contribution >= 4 is 16.6 Å². The molecule has 6 N–H and O–H groups in total. The molecule has 10 heteroatoms. The first kappa shape index (κ1) is 29.7. The molecule has 7 atom stereocenters. The molecule has 0 aromatic heterocycles. The summed E-state index contributed by atoms with van der Waals surface area (Å²) < 4.78 is 17.3. The van der Waals surface area contributed by atoms with Crippen LogP contribution in [0.3, 0.4) is 0 Å². The van der Waals surface area contributed by atoms with Gasteiger partial charge in [-0.3, -0.25) is 4.79 Å². The van der Waals surface area contributed by atoms with Gasteiger partial charge in [0.15, 0.2) is 5.78 Å². The molecule has 1 fully saturated rings. The first-order chi connectivity index (χ1) is 19.1. The van der Waals surface area contributed by atoms with Crippen LogP contribution < -0.4 is 14.8 Å². The number of ether oxygens (including phenoxy) is 3. The molecule has 1 aliphatic rings. The second kappa shape index (κ2) is 12.5. The summed E-state index contributed by atoms with van der Waals surface area (Å²) >= 11 is 0. The van der Waals surface area contributed by atoms with Crippen molar-refractivity contribution in [2.24, 2.45) is 0 Å². The normalized spacial score (nSPS) is 24.4. The molecule has 7 unspecified atom stereocenters. The van der Waals surface area contributed by atoms with E-state index in [2.05, 4.69) is 5.32 Å². The largest absolute Gasteiger partial charge is 0.506 e. The number of phenols is 1. The number of carbonyl (C=O) groups is 1. The van der Waals surface area contributed by atoms with Gasteiger partial charge in [-0.2, -0.15) is 0 Å². The van der Waals surface area contributed by atoms with Crippen molar-refractivity contribution in [1.82, 2.24) is 5.32 Å². The topological polar surface area (TPSA) is 158 Å². The van der Waals surface area contributed by atoms with Crippen LogP contribution in [0.5, 0.6) is 17.2 Å². The fraction of sp³-hybridized carbons (Fsp3) is 0.433. The Kier molecular flexibility index (Phi) is 9.29. The Morgan fingerprint density at radius 3 is 2.40 bits per heavy atom. The number of aliphatic hydroxyl groups excluding tert-OH is 4. The molecule has 0 spiro atoms. The standard InChI is InChI=1S/C30H37NO9/c1-15-10-18-11-20(38-4)13-22(24(18)25(34)23(15)16(2)32)39-30-28(37)26(35)27(36)29(40-30)21(33)12-19(14-31-3)17-8-6-5-7-9-17/h5-11,13,19,21,26-31,33-37H,12,14H2,1-4H3. The number of rotatable bonds is 10. The summed E-state index contributed by atoms with van der Waals surface area (Å²) in [5, 5.41) is 58.2. The maximum atomic E-state index is 12.3. The van der Waals surface area contributed by atoms with Crippen LogP contribution in [0, 0.1) is 6.92 Å². The number of fused-ring (bicyclic) bond motifs is 1. The predicted octanol–water partition coefficient (Wildman–Crippen LogP) is 2.01. The van der Waals surface area contributed by atoms with E-state index in [1.807, 2.05) is 30.3 Å². The van der Waals surface area contributed by atoms with Gasteiger partial charge in [0.1, 0.15) is 41.7 Å². The van der Waals surface area contributed by atoms with Crippen molar-refractivity contribution in [2.45, 2.75) is 63.0 Å². The fourth-order valence-corrected chi connectivity index (χ4v) is 5.40. The zero-order chi connectivity index (χ0) is 29.1. The summed E-state index contributed by atoms with van der Waals surface area (Å²) in [7, 11) is 3.25. The van der Waals surface area contributed by atoms with E-state index in [0.29, 0.717) is 23.2 Å². The smallest absolute Gasteiger partial charge is 0.229 e. The average Bonchev–Trinajstić information content (AvgIpc) is 2.92. The third kappa shape index (κ3) is 5.92. The number of carbonyl (C=O) groups excluding carboxylic acids is 1. The predicted molar refractivity (Wildman–Crippen MR) is 148 cm³/mol. The third-order valence-electron chi connectivity index (χ3n) is 7.41. The second-order valence-corrected chi connectivity index (χ2v) is 10.2. The molecule has 10 nitrogen and oxygen atoms in total. The van der Waals surface area contributed by atoms with E-state index in [4.69, 9.17) is 14.2 Å². The van der Waals surface area contributed by atoms with Crippen LogP contribution in [0.1, 0.15) is 40.7 Å². The lowest BCUT2D eigenvalue weighted by Crippen LogP contribution is -2.62. The van der Waals surface area contributed by atoms with Crippen LogP contribution in [0.25, 0.3) is 10.8 Å². The molecule has 1 heterocycles. The van der Waals surface area contributed by atoms with E-state index >= 15 is 0 Å². The lowest BCUT2D eigenvalue weighted by atomic mass is 9.87. The van der Waals surface area contributed by atoms with Gasteiger partial charge in [0.05, 0.1) is 24.2 Å². The van der Waals surface area contributed by atoms with Gasteiger partial charge >= 0.3 is 0 Å². The highest BCUT2D eigenvalue weighted by atomic mass is 16.7. The van der Waals surface area contributed by atoms with E-state index in [1.54, 1.807) is 26.1 Å². The number of methoxy groups -OCH3 is 1. The summed E-state index contributed by atoms with van der Waals surface area (Å²) in [5.74, 6) is -0.387. The lowest BCUT2D eigenvalue weighted by molar-refractivity contribution is -0.288. The molecule has 4 rings (SSSR count). The molecular formula is C30H37NO9. The number of aromatic hydroxyl groups is 1. The van der Waals surface area contributed by atoms with Crippen LogP contribution in [-0.4, -0.2) is 88.8 Å². The lowest BCUT2D eigenvalue weighted by Gasteiger charge is -2.42. The number of aryl methyl sites for hydroxylation is 1. The first-order valence-corrected chi connectivity index (χ1v) is 13.2. The number of ketones is 1. The van der Waals surface area contributed by atoms with Gasteiger partial charge in [-0.25, -0.2) is 0 Å². The maximum absolute atomic E-state index is 12.3. The van der Waals surface area contributed by atoms with E-state index in [9.17, 15) is 30.3 Å². The van der Waals surface area contributed by atoms with Crippen LogP contribution in [0.2, 0.25) is 0 Å². The number of hydrogen-bond donors (Lipinski definition) is 6. The number of hydrogen-bond acceptors (Lipinski definition) is 10. The highest BCUT2D eigenvalue weighted by Crippen LogP contribution is 2.42. The summed E-state index contributed by atoms with van der Waals surface area (Å²) in [5.41, 5.74) is 1.65. The van der Waals surface area contributed by atoms with Gasteiger partial charge < -0.3 is 45.1 Å². The van der Waals surface area contributed by atoms with Crippen LogP contribution in [-0.2, 0) is 4.74 Å². The molecule has 216 valence electrons. The molecule has 40 heavy (non-hydrogen) atoms. The molecule has 0 aliphatic carbocycles. The SMILES string of the molecule is CNCC(CC(O)C1OC(Oc2cc(OC)cc3cc(C)c(C(C)=O)c(O)c23)C(O)C(O)C1O)c1ccccc1. The maximum Gasteiger partial charge on any atom is 0.229 e. The number of aliphatic hydroxyl groups is 4. The number of nitrogens with one attached hydrogen (secondary N) is 1. The average molecular weight is 556 g/mol. The Morgan fingerprint density at radius 2 is 1.77 bits per heavy atom. The highest BCUT2D eigenvalue weighted by molar-refractivity contribution is 6.07. The van der Waals surface area contributed by atoms with Crippen molar-refractivity contribution in [1.29, 1.82) is 0 Å². The molecular weight excluding hydrogens is 518 g/mol. The van der Waals surface area contributed by atoms with Gasteiger partial charge in [0.2, 0.25) is 6.29 Å². The Bertz CT molecular complexity index is 1330. The van der Waals surface area contributed by atoms with Gasteiger partial charge in [-0.15, -0.1) is 0 Å². The highest BCUT2D eigenvalue weighted by Gasteiger charge is 2.48. The van der Waals surface area contributed by atoms with Crippen molar-refractivity contribution < 1.29 is 44.5 Å². The summed E-state index contributed by atoms with van der Waals surface area (Å²) in [6.45, 7) is 3.58. The molecule has 0 amide bonds. The van der Waals surface area contributed by atoms with Crippen molar-refractivity contribution in [3.05, 3.63) is 65.2 Å². The summed E-state index contributed by atoms with van der Waals surface area (Å²) in [4.78, 5) is 12.3. The summed E-state index contributed by atoms with van der Waals surface area (Å²) in [6.07, 6.45) is -8.87. The van der Waals surface area contributed by atoms with Crippen molar-refractivity contribution in [2.75, 3.05) is 20.7 Å². The first-order valence-electron chi connectivity index (χ1n) is 13.2. The number of likely N-dealkylation sites (N-methyl/N-ethyl adjacent to an activating group) is 1. The quantitative estimate of drug-likeness (QED) is 0.204. The molecule has 0 radical (unpaired) electrons. The zero-order valence-corrected chi connectivity index (χ0v) is 22.9. The Balaban J connectivity index is 1.67. The Hall–Kier alpha value is -3.25. The molecule has 3 aromatic rings. The molecule has 1 aliphatic heterocycles. The van der Waals surface area contributed by atoms with E-state index in [0.717, 1.165) is 5.56 Å². The minimum Gasteiger partial charge on any atom is -0.506 e. The minimum absolute atomic E-state index is 0.0209. The molecule has 0 bridgehead atoms. The van der Waals surface area contributed by atoms with Gasteiger partial charge in [-0.05, 0) is 55.8 Å². The third-order valence-corrected chi connectivity index (χ3v) is 7.41. The van der Waals surface area contributed by atoms with Gasteiger partial charge in [-0.1, -0.05) is 36.4 Å². The summed E-state index contributed by atoms with van der Waals surface area (Å²) in [6, 6.07) is 14.4. The fourth-order valence-electron chi connectivity index (χ4n) is 5.40. The number of phenolic OH excluding ortho intramolecular Hbond substituents is 1. The molecule has 0 saturated carbocycles. The van der Waals surface area contributed by atoms with E-state index in [1.165, 1.54) is 20.1 Å². The van der Waals surface area contributed by atoms with Gasteiger partial charge in [0.25, 0.3) is 0 Å². The number of benzene rings is 3. The minimum atomic E-state index is -1.70. The number of Topliss-reactive ketones (excluding diaryl/α,β-unsaturated/α-hetero) is 1. The second-order valence-electron chi connectivity index (χ2n) is 10.2. The van der Waals surface area contributed by atoms with E-state index < -0.39 is 36.8 Å². The van der Waals surface area contributed by atoms with Crippen molar-refractivity contribution in [3.8, 4) is 17.2 Å². The van der Waals surface area contributed by atoms with E-state index in [-0.39, 0.29) is 40.6 Å². The van der Waals surface area contributed by atoms with Crippen LogP contribution in [0.15, 0.2) is 48.5 Å². The van der Waals surface area contributed by atoms with Crippen LogP contribution in [0.4, 0.5) is 0 Å². The van der Waals surface area contributed by atoms with Gasteiger partial charge in [0, 0.05) is 12.6 Å². The molecule has 3 aromatic carbocycles. The van der Waals surface area contributed by atoms with Crippen molar-refractivity contribution in [3.63, 3.8) is 0 Å². The zero-order valence-electron chi connectivity index (χ0n) is 22.9. The molecule has 1 saturated heterocycles. The Labute approximate surface area is 232 Å². The Morgan fingerprint density at radius 1 is 1.07 bits per heavy atom. The monoisotopic (exact) mass is 555 g/mol. The van der Waals surface area contributed by atoms with Crippen LogP contribution >= 0.6 is 0 Å².